The van der Waals surface area contributed by atoms with E-state index in [0.717, 1.165) is 11.8 Å². The average Bonchev–Trinajstić information content (AvgIpc) is 3.05. The lowest BCUT2D eigenvalue weighted by Crippen LogP contribution is -2.12. The first-order valence-corrected chi connectivity index (χ1v) is 9.89. The Morgan fingerprint density at radius 2 is 1.83 bits per heavy atom. The van der Waals surface area contributed by atoms with Crippen molar-refractivity contribution in [1.29, 1.82) is 0 Å². The molecule has 0 aromatic heterocycles. The number of carbonyl (C=O) groups is 1. The largest absolute Gasteiger partial charge is 0.506 e. The van der Waals surface area contributed by atoms with Gasteiger partial charge in [0.1, 0.15) is 22.1 Å². The molecule has 0 spiro atoms. The molecule has 1 aliphatic rings. The molecule has 156 valence electrons. The molecule has 0 aliphatic carbocycles. The summed E-state index contributed by atoms with van der Waals surface area (Å²) in [7, 11) is 3.02. The summed E-state index contributed by atoms with van der Waals surface area (Å²) in [4.78, 5) is 17.3. The number of thioether (sulfide) groups is 1. The Hall–Kier alpha value is -3.39. The highest BCUT2D eigenvalue weighted by molar-refractivity contribution is 8.18. The Kier molecular flexibility index (Phi) is 6.68. The van der Waals surface area contributed by atoms with E-state index in [9.17, 15) is 15.0 Å². The van der Waals surface area contributed by atoms with Gasteiger partial charge >= 0.3 is 5.97 Å². The smallest absolute Gasteiger partial charge is 0.344 e. The second-order valence-electron chi connectivity index (χ2n) is 6.07. The maximum Gasteiger partial charge on any atom is 0.344 e. The van der Waals surface area contributed by atoms with Gasteiger partial charge in [-0.2, -0.15) is 0 Å². The average molecular weight is 427 g/mol. The zero-order valence-corrected chi connectivity index (χ0v) is 17.5. The lowest BCUT2D eigenvalue weighted by Gasteiger charge is -2.06. The number of phenols is 1. The number of hydrogen-bond donors (Lipinski definition) is 2. The van der Waals surface area contributed by atoms with Crippen molar-refractivity contribution < 1.29 is 29.2 Å². The number of esters is 1. The van der Waals surface area contributed by atoms with Crippen LogP contribution in [0.15, 0.2) is 63.7 Å². The summed E-state index contributed by atoms with van der Waals surface area (Å²) < 4.78 is 15.4. The van der Waals surface area contributed by atoms with Gasteiger partial charge in [-0.05, 0) is 43.3 Å². The molecule has 1 heterocycles. The molecule has 2 aromatic rings. The number of ether oxygens (including phenoxy) is 3. The standard InChI is InChI=1S/C22H21NO6S/c1-4-29-22(26)18-20(25)17(12-13-6-5-7-16(28-3)19(13)24)30-21(18)23-14-8-10-15(27-2)11-9-14/h5-12,24-25H,4H2,1-3H3/b17-12+,23-21?. The highest BCUT2D eigenvalue weighted by Gasteiger charge is 2.33. The number of rotatable bonds is 6. The number of aromatic hydroxyl groups is 1. The van der Waals surface area contributed by atoms with E-state index in [1.165, 1.54) is 7.11 Å². The third-order valence-electron chi connectivity index (χ3n) is 4.21. The van der Waals surface area contributed by atoms with Crippen molar-refractivity contribution in [2.45, 2.75) is 6.92 Å². The first kappa shape index (κ1) is 21.3. The summed E-state index contributed by atoms with van der Waals surface area (Å²) in [5, 5.41) is 21.4. The molecular weight excluding hydrogens is 406 g/mol. The molecule has 2 aromatic carbocycles. The SMILES string of the molecule is CCOC(=O)C1=C(O)/C(=C\c2cccc(OC)c2O)SC1=Nc1ccc(OC)cc1. The van der Waals surface area contributed by atoms with Crippen LogP contribution in [-0.2, 0) is 9.53 Å². The van der Waals surface area contributed by atoms with Crippen LogP contribution in [0.5, 0.6) is 17.2 Å². The van der Waals surface area contributed by atoms with Gasteiger partial charge in [0.25, 0.3) is 0 Å². The van der Waals surface area contributed by atoms with Gasteiger partial charge in [-0.3, -0.25) is 0 Å². The third kappa shape index (κ3) is 4.44. The van der Waals surface area contributed by atoms with Gasteiger partial charge in [0.05, 0.1) is 31.4 Å². The van der Waals surface area contributed by atoms with Gasteiger partial charge < -0.3 is 24.4 Å². The minimum atomic E-state index is -0.673. The number of methoxy groups -OCH3 is 2. The Labute approximate surface area is 178 Å². The lowest BCUT2D eigenvalue weighted by atomic mass is 10.1. The van der Waals surface area contributed by atoms with E-state index in [4.69, 9.17) is 14.2 Å². The molecule has 3 rings (SSSR count). The molecule has 1 aliphatic heterocycles. The normalized spacial score (nSPS) is 16.2. The molecule has 0 atom stereocenters. The maximum atomic E-state index is 12.5. The van der Waals surface area contributed by atoms with E-state index in [1.807, 2.05) is 0 Å². The van der Waals surface area contributed by atoms with Gasteiger partial charge in [-0.25, -0.2) is 9.79 Å². The van der Waals surface area contributed by atoms with Crippen LogP contribution in [0.25, 0.3) is 6.08 Å². The van der Waals surface area contributed by atoms with Crippen molar-refractivity contribution in [3.05, 3.63) is 64.3 Å². The van der Waals surface area contributed by atoms with Crippen LogP contribution in [0.1, 0.15) is 12.5 Å². The monoisotopic (exact) mass is 427 g/mol. The number of benzene rings is 2. The summed E-state index contributed by atoms with van der Waals surface area (Å²) in [6, 6.07) is 12.0. The van der Waals surface area contributed by atoms with Gasteiger partial charge in [0.15, 0.2) is 11.5 Å². The molecule has 0 fully saturated rings. The minimum absolute atomic E-state index is 0.0219. The number of aliphatic imine (C=N–C) groups is 1. The highest BCUT2D eigenvalue weighted by Crippen LogP contribution is 2.42. The number of nitrogens with zero attached hydrogens (tertiary/aromatic N) is 1. The maximum absolute atomic E-state index is 12.5. The molecule has 30 heavy (non-hydrogen) atoms. The quantitative estimate of drug-likeness (QED) is 0.650. The van der Waals surface area contributed by atoms with Crippen molar-refractivity contribution in [3.63, 3.8) is 0 Å². The van der Waals surface area contributed by atoms with Gasteiger partial charge in [-0.1, -0.05) is 23.9 Å². The molecule has 0 bridgehead atoms. The number of aliphatic hydroxyl groups is 1. The van der Waals surface area contributed by atoms with Crippen molar-refractivity contribution in [3.8, 4) is 17.2 Å². The van der Waals surface area contributed by atoms with E-state index in [2.05, 4.69) is 4.99 Å². The lowest BCUT2D eigenvalue weighted by molar-refractivity contribution is -0.138. The number of hydrogen-bond acceptors (Lipinski definition) is 8. The zero-order valence-electron chi connectivity index (χ0n) is 16.7. The van der Waals surface area contributed by atoms with E-state index >= 15 is 0 Å². The molecule has 0 saturated heterocycles. The molecule has 2 N–H and O–H groups in total. The van der Waals surface area contributed by atoms with Crippen LogP contribution in [0, 0.1) is 0 Å². The number of aliphatic hydroxyl groups excluding tert-OH is 1. The zero-order chi connectivity index (χ0) is 21.7. The predicted molar refractivity (Wildman–Crippen MR) is 117 cm³/mol. The van der Waals surface area contributed by atoms with Crippen LogP contribution in [-0.4, -0.2) is 42.1 Å². The van der Waals surface area contributed by atoms with Crippen molar-refractivity contribution in [1.82, 2.24) is 0 Å². The summed E-state index contributed by atoms with van der Waals surface area (Å²) in [5.74, 6) is -0.0234. The number of para-hydroxylation sites is 1. The van der Waals surface area contributed by atoms with Crippen LogP contribution >= 0.6 is 11.8 Å². The Balaban J connectivity index is 2.05. The fourth-order valence-electron chi connectivity index (χ4n) is 2.73. The van der Waals surface area contributed by atoms with Gasteiger partial charge in [0, 0.05) is 5.56 Å². The highest BCUT2D eigenvalue weighted by atomic mass is 32.2. The fraction of sp³-hybridized carbons (Fsp3) is 0.182. The predicted octanol–water partition coefficient (Wildman–Crippen LogP) is 4.60. The number of phenolic OH excluding ortho intramolecular Hbond substituents is 1. The molecular formula is C22H21NO6S. The first-order chi connectivity index (χ1) is 14.5. The van der Waals surface area contributed by atoms with Crippen molar-refractivity contribution in [2.75, 3.05) is 20.8 Å². The van der Waals surface area contributed by atoms with E-state index < -0.39 is 5.97 Å². The summed E-state index contributed by atoms with van der Waals surface area (Å²) in [6.07, 6.45) is 1.56. The Morgan fingerprint density at radius 1 is 1.10 bits per heavy atom. The third-order valence-corrected chi connectivity index (χ3v) is 5.23. The van der Waals surface area contributed by atoms with E-state index in [0.29, 0.717) is 32.7 Å². The first-order valence-electron chi connectivity index (χ1n) is 9.07. The molecule has 0 radical (unpaired) electrons. The molecule has 0 saturated carbocycles. The molecule has 0 unspecified atom stereocenters. The minimum Gasteiger partial charge on any atom is -0.506 e. The molecule has 7 nitrogen and oxygen atoms in total. The summed E-state index contributed by atoms with van der Waals surface area (Å²) in [6.45, 7) is 1.84. The van der Waals surface area contributed by atoms with E-state index in [-0.39, 0.29) is 23.7 Å². The van der Waals surface area contributed by atoms with Crippen LogP contribution < -0.4 is 9.47 Å². The Bertz CT molecular complexity index is 1040. The fourth-order valence-corrected chi connectivity index (χ4v) is 3.75. The Morgan fingerprint density at radius 3 is 2.47 bits per heavy atom. The molecule has 0 amide bonds. The van der Waals surface area contributed by atoms with Crippen molar-refractivity contribution in [2.24, 2.45) is 4.99 Å². The second kappa shape index (κ2) is 9.41. The molecule has 8 heteroatoms. The topological polar surface area (TPSA) is 97.6 Å². The second-order valence-corrected chi connectivity index (χ2v) is 7.10. The summed E-state index contributed by atoms with van der Waals surface area (Å²) in [5.41, 5.74) is 0.988. The van der Waals surface area contributed by atoms with Crippen molar-refractivity contribution >= 4 is 34.5 Å². The summed E-state index contributed by atoms with van der Waals surface area (Å²) >= 11 is 1.11. The van der Waals surface area contributed by atoms with Crippen LogP contribution in [0.2, 0.25) is 0 Å². The van der Waals surface area contributed by atoms with E-state index in [1.54, 1.807) is 62.6 Å². The van der Waals surface area contributed by atoms with Gasteiger partial charge in [0.2, 0.25) is 0 Å². The van der Waals surface area contributed by atoms with Crippen LogP contribution in [0.4, 0.5) is 5.69 Å². The number of carbonyl (C=O) groups excluding carboxylic acids is 1. The van der Waals surface area contributed by atoms with Gasteiger partial charge in [-0.15, -0.1) is 0 Å². The van der Waals surface area contributed by atoms with Crippen LogP contribution in [0.3, 0.4) is 0 Å².